The van der Waals surface area contributed by atoms with E-state index in [4.69, 9.17) is 4.74 Å². The van der Waals surface area contributed by atoms with Gasteiger partial charge in [0, 0.05) is 13.3 Å². The highest BCUT2D eigenvalue weighted by Gasteiger charge is 2.37. The van der Waals surface area contributed by atoms with Crippen LogP contribution >= 0.6 is 0 Å². The Labute approximate surface area is 85.5 Å². The van der Waals surface area contributed by atoms with Gasteiger partial charge in [-0.15, -0.1) is 0 Å². The van der Waals surface area contributed by atoms with E-state index in [2.05, 4.69) is 6.92 Å². The van der Waals surface area contributed by atoms with Gasteiger partial charge in [0.2, 0.25) is 0 Å². The van der Waals surface area contributed by atoms with Crippen molar-refractivity contribution < 1.29 is 14.6 Å². The first-order chi connectivity index (χ1) is 6.56. The summed E-state index contributed by atoms with van der Waals surface area (Å²) in [4.78, 5) is 10.7. The number of carbonyl (C=O) groups is 1. The second-order valence-electron chi connectivity index (χ2n) is 4.30. The lowest BCUT2D eigenvalue weighted by molar-refractivity contribution is -0.146. The second-order valence-corrected chi connectivity index (χ2v) is 4.30. The van der Waals surface area contributed by atoms with Crippen molar-refractivity contribution in [1.82, 2.24) is 0 Å². The summed E-state index contributed by atoms with van der Waals surface area (Å²) in [5, 5.41) is 10.1. The molecule has 0 radical (unpaired) electrons. The molecule has 82 valence electrons. The molecule has 0 amide bonds. The van der Waals surface area contributed by atoms with Gasteiger partial charge in [-0.25, -0.2) is 0 Å². The molecular formula is C11H20O3. The molecule has 0 saturated heterocycles. The summed E-state index contributed by atoms with van der Waals surface area (Å²) in [6.07, 6.45) is 5.11. The minimum atomic E-state index is -0.573. The third kappa shape index (κ3) is 3.29. The zero-order chi connectivity index (χ0) is 10.6. The van der Waals surface area contributed by atoms with E-state index in [9.17, 15) is 9.90 Å². The van der Waals surface area contributed by atoms with Crippen molar-refractivity contribution in [3.63, 3.8) is 0 Å². The molecule has 1 N–H and O–H groups in total. The van der Waals surface area contributed by atoms with Crippen LogP contribution in [0.5, 0.6) is 0 Å². The molecule has 1 aliphatic carbocycles. The zero-order valence-corrected chi connectivity index (χ0v) is 9.08. The summed E-state index contributed by atoms with van der Waals surface area (Å²) in [7, 11) is 0. The first kappa shape index (κ1) is 11.5. The van der Waals surface area contributed by atoms with Crippen LogP contribution < -0.4 is 0 Å². The number of esters is 1. The van der Waals surface area contributed by atoms with Crippen molar-refractivity contribution in [3.05, 3.63) is 0 Å². The third-order valence-corrected chi connectivity index (χ3v) is 2.87. The Bertz CT molecular complexity index is 203. The maximum Gasteiger partial charge on any atom is 0.302 e. The molecule has 3 nitrogen and oxygen atoms in total. The highest BCUT2D eigenvalue weighted by molar-refractivity contribution is 5.66. The molecule has 0 unspecified atom stereocenters. The molecule has 0 aliphatic heterocycles. The van der Waals surface area contributed by atoms with E-state index in [0.717, 1.165) is 32.1 Å². The molecule has 3 heteroatoms. The Morgan fingerprint density at radius 2 is 2.36 bits per heavy atom. The molecule has 1 rings (SSSR count). The normalized spacial score (nSPS) is 31.8. The number of carbonyl (C=O) groups excluding carboxylic acids is 1. The standard InChI is InChI=1S/C11H20O3/c1-3-4-6-11(13)7-5-10(8-11)14-9(2)12/h10,13H,3-8H2,1-2H3/t10-,11+/m0/s1. The van der Waals surface area contributed by atoms with Crippen molar-refractivity contribution in [2.45, 2.75) is 64.1 Å². The number of unbranched alkanes of at least 4 members (excludes halogenated alkanes) is 1. The van der Waals surface area contributed by atoms with Crippen molar-refractivity contribution in [3.8, 4) is 0 Å². The van der Waals surface area contributed by atoms with Crippen LogP contribution in [0.25, 0.3) is 0 Å². The number of hydrogen-bond acceptors (Lipinski definition) is 3. The summed E-state index contributed by atoms with van der Waals surface area (Å²) in [6, 6.07) is 0. The smallest absolute Gasteiger partial charge is 0.302 e. The van der Waals surface area contributed by atoms with Crippen LogP contribution in [0.2, 0.25) is 0 Å². The Kier molecular flexibility index (Phi) is 3.93. The molecule has 0 heterocycles. The molecule has 1 fully saturated rings. The monoisotopic (exact) mass is 200 g/mol. The Morgan fingerprint density at radius 3 is 2.93 bits per heavy atom. The van der Waals surface area contributed by atoms with Crippen LogP contribution in [-0.2, 0) is 9.53 Å². The summed E-state index contributed by atoms with van der Waals surface area (Å²) in [5.74, 6) is -0.241. The second kappa shape index (κ2) is 4.78. The topological polar surface area (TPSA) is 46.5 Å². The average Bonchev–Trinajstić information content (AvgIpc) is 2.44. The van der Waals surface area contributed by atoms with E-state index in [1.54, 1.807) is 0 Å². The Morgan fingerprint density at radius 1 is 1.64 bits per heavy atom. The maximum absolute atomic E-state index is 10.7. The fourth-order valence-corrected chi connectivity index (χ4v) is 2.13. The lowest BCUT2D eigenvalue weighted by Gasteiger charge is -2.22. The Balaban J connectivity index is 2.34. The molecular weight excluding hydrogens is 180 g/mol. The van der Waals surface area contributed by atoms with Crippen LogP contribution in [-0.4, -0.2) is 22.8 Å². The fourth-order valence-electron chi connectivity index (χ4n) is 2.13. The lowest BCUT2D eigenvalue weighted by Crippen LogP contribution is -2.26. The zero-order valence-electron chi connectivity index (χ0n) is 9.08. The SMILES string of the molecule is CCCC[C@@]1(O)CC[C@H](OC(C)=O)C1. The van der Waals surface area contributed by atoms with Crippen LogP contribution in [0, 0.1) is 0 Å². The first-order valence-electron chi connectivity index (χ1n) is 5.45. The third-order valence-electron chi connectivity index (χ3n) is 2.87. The van der Waals surface area contributed by atoms with Crippen molar-refractivity contribution in [1.29, 1.82) is 0 Å². The average molecular weight is 200 g/mol. The molecule has 0 spiro atoms. The minimum absolute atomic E-state index is 0.0608. The lowest BCUT2D eigenvalue weighted by atomic mass is 9.95. The van der Waals surface area contributed by atoms with Crippen LogP contribution in [0.3, 0.4) is 0 Å². The van der Waals surface area contributed by atoms with E-state index in [1.807, 2.05) is 0 Å². The minimum Gasteiger partial charge on any atom is -0.462 e. The van der Waals surface area contributed by atoms with Gasteiger partial charge in [0.15, 0.2) is 0 Å². The number of rotatable bonds is 4. The predicted octanol–water partition coefficient (Wildman–Crippen LogP) is 2.02. The molecule has 14 heavy (non-hydrogen) atoms. The van der Waals surface area contributed by atoms with Gasteiger partial charge in [-0.1, -0.05) is 19.8 Å². The molecule has 0 aromatic carbocycles. The molecule has 0 bridgehead atoms. The highest BCUT2D eigenvalue weighted by Crippen LogP contribution is 2.35. The van der Waals surface area contributed by atoms with Gasteiger partial charge in [-0.05, 0) is 19.3 Å². The van der Waals surface area contributed by atoms with Gasteiger partial charge in [-0.2, -0.15) is 0 Å². The fraction of sp³-hybridized carbons (Fsp3) is 0.909. The van der Waals surface area contributed by atoms with Gasteiger partial charge >= 0.3 is 5.97 Å². The number of ether oxygens (including phenoxy) is 1. The highest BCUT2D eigenvalue weighted by atomic mass is 16.5. The number of hydrogen-bond donors (Lipinski definition) is 1. The molecule has 0 aromatic heterocycles. The van der Waals surface area contributed by atoms with E-state index in [1.165, 1.54) is 6.92 Å². The van der Waals surface area contributed by atoms with Crippen LogP contribution in [0.1, 0.15) is 52.4 Å². The first-order valence-corrected chi connectivity index (χ1v) is 5.45. The molecule has 2 atom stereocenters. The number of aliphatic hydroxyl groups is 1. The molecule has 1 aliphatic rings. The van der Waals surface area contributed by atoms with Gasteiger partial charge in [0.1, 0.15) is 6.10 Å². The Hall–Kier alpha value is -0.570. The molecule has 1 saturated carbocycles. The van der Waals surface area contributed by atoms with Crippen molar-refractivity contribution in [2.75, 3.05) is 0 Å². The summed E-state index contributed by atoms with van der Waals surface area (Å²) in [6.45, 7) is 3.53. The summed E-state index contributed by atoms with van der Waals surface area (Å²) >= 11 is 0. The van der Waals surface area contributed by atoms with Crippen LogP contribution in [0.4, 0.5) is 0 Å². The van der Waals surface area contributed by atoms with Gasteiger partial charge in [0.05, 0.1) is 5.60 Å². The van der Waals surface area contributed by atoms with E-state index < -0.39 is 5.60 Å². The van der Waals surface area contributed by atoms with Gasteiger partial charge in [-0.3, -0.25) is 4.79 Å². The maximum atomic E-state index is 10.7. The van der Waals surface area contributed by atoms with E-state index in [0.29, 0.717) is 6.42 Å². The van der Waals surface area contributed by atoms with E-state index >= 15 is 0 Å². The van der Waals surface area contributed by atoms with Crippen molar-refractivity contribution >= 4 is 5.97 Å². The summed E-state index contributed by atoms with van der Waals surface area (Å²) < 4.78 is 5.09. The van der Waals surface area contributed by atoms with Crippen molar-refractivity contribution in [2.24, 2.45) is 0 Å². The molecule has 0 aromatic rings. The van der Waals surface area contributed by atoms with Gasteiger partial charge in [0.25, 0.3) is 0 Å². The van der Waals surface area contributed by atoms with Crippen LogP contribution in [0.15, 0.2) is 0 Å². The summed E-state index contributed by atoms with van der Waals surface area (Å²) in [5.41, 5.74) is -0.573. The quantitative estimate of drug-likeness (QED) is 0.706. The van der Waals surface area contributed by atoms with E-state index in [-0.39, 0.29) is 12.1 Å². The largest absolute Gasteiger partial charge is 0.462 e. The predicted molar refractivity (Wildman–Crippen MR) is 53.9 cm³/mol. The van der Waals surface area contributed by atoms with Gasteiger partial charge < -0.3 is 9.84 Å².